The van der Waals surface area contributed by atoms with E-state index in [1.807, 2.05) is 18.2 Å². The SMILES string of the molecule is COCCN(CCOC)Cc1ccc(COc2nccc(C(C#N)c3nc4cnccc4s3)n2)cc1. The molecule has 1 aromatic carbocycles. The summed E-state index contributed by atoms with van der Waals surface area (Å²) in [5, 5.41) is 10.5. The summed E-state index contributed by atoms with van der Waals surface area (Å²) < 4.78 is 17.3. The number of nitrogens with zero attached hydrogens (tertiary/aromatic N) is 6. The lowest BCUT2D eigenvalue weighted by molar-refractivity contribution is 0.110. The second-order valence-corrected chi connectivity index (χ2v) is 9.15. The maximum atomic E-state index is 9.82. The summed E-state index contributed by atoms with van der Waals surface area (Å²) in [6.45, 7) is 4.18. The van der Waals surface area contributed by atoms with E-state index in [2.05, 4.69) is 43.0 Å². The van der Waals surface area contributed by atoms with Crippen molar-refractivity contribution in [2.75, 3.05) is 40.5 Å². The monoisotopic (exact) mass is 504 g/mol. The third kappa shape index (κ3) is 6.80. The molecule has 0 aliphatic carbocycles. The molecule has 4 aromatic rings. The van der Waals surface area contributed by atoms with Crippen LogP contribution in [0.25, 0.3) is 10.2 Å². The second kappa shape index (κ2) is 13.0. The van der Waals surface area contributed by atoms with Crippen LogP contribution in [0.1, 0.15) is 27.7 Å². The molecule has 36 heavy (non-hydrogen) atoms. The molecule has 3 aromatic heterocycles. The highest BCUT2D eigenvalue weighted by atomic mass is 32.1. The molecule has 9 nitrogen and oxygen atoms in total. The summed E-state index contributed by atoms with van der Waals surface area (Å²) in [5.74, 6) is -0.605. The zero-order valence-corrected chi connectivity index (χ0v) is 21.1. The number of hydrogen-bond acceptors (Lipinski definition) is 10. The second-order valence-electron chi connectivity index (χ2n) is 8.09. The van der Waals surface area contributed by atoms with E-state index in [0.29, 0.717) is 30.5 Å². The first-order valence-corrected chi connectivity index (χ1v) is 12.4. The fourth-order valence-electron chi connectivity index (χ4n) is 3.61. The Balaban J connectivity index is 1.38. The van der Waals surface area contributed by atoms with Gasteiger partial charge in [-0.05, 0) is 23.3 Å². The van der Waals surface area contributed by atoms with E-state index >= 15 is 0 Å². The minimum atomic E-state index is -0.605. The fourth-order valence-corrected chi connectivity index (χ4v) is 4.60. The molecule has 4 rings (SSSR count). The van der Waals surface area contributed by atoms with Gasteiger partial charge in [-0.25, -0.2) is 9.97 Å². The van der Waals surface area contributed by atoms with Crippen molar-refractivity contribution in [1.82, 2.24) is 24.8 Å². The van der Waals surface area contributed by atoms with Gasteiger partial charge in [0.05, 0.1) is 41.4 Å². The predicted molar refractivity (Wildman–Crippen MR) is 137 cm³/mol. The van der Waals surface area contributed by atoms with Crippen molar-refractivity contribution in [3.8, 4) is 12.1 Å². The van der Waals surface area contributed by atoms with Crippen molar-refractivity contribution in [3.63, 3.8) is 0 Å². The van der Waals surface area contributed by atoms with E-state index < -0.39 is 5.92 Å². The van der Waals surface area contributed by atoms with Crippen LogP contribution < -0.4 is 4.74 Å². The molecular weight excluding hydrogens is 476 g/mol. The van der Waals surface area contributed by atoms with E-state index in [0.717, 1.165) is 35.4 Å². The molecule has 1 unspecified atom stereocenters. The van der Waals surface area contributed by atoms with Gasteiger partial charge in [-0.2, -0.15) is 10.2 Å². The van der Waals surface area contributed by atoms with Crippen LogP contribution in [0.3, 0.4) is 0 Å². The smallest absolute Gasteiger partial charge is 0.316 e. The van der Waals surface area contributed by atoms with Crippen molar-refractivity contribution in [2.45, 2.75) is 19.1 Å². The van der Waals surface area contributed by atoms with Gasteiger partial charge in [0.15, 0.2) is 0 Å². The fraction of sp³-hybridized carbons (Fsp3) is 0.346. The Kier molecular flexibility index (Phi) is 9.24. The highest BCUT2D eigenvalue weighted by molar-refractivity contribution is 7.18. The summed E-state index contributed by atoms with van der Waals surface area (Å²) in [6, 6.07) is 14.4. The summed E-state index contributed by atoms with van der Waals surface area (Å²) >= 11 is 1.46. The molecular formula is C26H28N6O3S. The number of benzene rings is 1. The van der Waals surface area contributed by atoms with Gasteiger partial charge in [0.2, 0.25) is 0 Å². The molecule has 0 radical (unpaired) electrons. The van der Waals surface area contributed by atoms with Gasteiger partial charge in [-0.1, -0.05) is 24.3 Å². The summed E-state index contributed by atoms with van der Waals surface area (Å²) in [7, 11) is 3.42. The van der Waals surface area contributed by atoms with Gasteiger partial charge in [-0.3, -0.25) is 9.88 Å². The zero-order valence-electron chi connectivity index (χ0n) is 20.3. The first-order chi connectivity index (χ1) is 17.7. The van der Waals surface area contributed by atoms with Crippen LogP contribution >= 0.6 is 11.3 Å². The Bertz CT molecular complexity index is 1250. The number of aromatic nitrogens is 4. The van der Waals surface area contributed by atoms with Crippen LogP contribution in [0.5, 0.6) is 6.01 Å². The lowest BCUT2D eigenvalue weighted by Crippen LogP contribution is -2.30. The molecule has 0 saturated heterocycles. The maximum absolute atomic E-state index is 9.82. The van der Waals surface area contributed by atoms with Crippen LogP contribution in [-0.2, 0) is 22.6 Å². The highest BCUT2D eigenvalue weighted by Gasteiger charge is 2.20. The molecule has 0 N–H and O–H groups in total. The highest BCUT2D eigenvalue weighted by Crippen LogP contribution is 2.30. The molecule has 186 valence electrons. The number of rotatable bonds is 13. The molecule has 0 bridgehead atoms. The molecule has 3 heterocycles. The quantitative estimate of drug-likeness (QED) is 0.269. The van der Waals surface area contributed by atoms with Crippen LogP contribution in [0.2, 0.25) is 0 Å². The first-order valence-electron chi connectivity index (χ1n) is 11.5. The van der Waals surface area contributed by atoms with Crippen molar-refractivity contribution in [2.24, 2.45) is 0 Å². The molecule has 0 aliphatic heterocycles. The molecule has 0 saturated carbocycles. The molecule has 1 atom stereocenters. The van der Waals surface area contributed by atoms with Crippen LogP contribution in [0, 0.1) is 11.3 Å². The third-order valence-corrected chi connectivity index (χ3v) is 6.65. The number of methoxy groups -OCH3 is 2. The first kappa shape index (κ1) is 25.6. The van der Waals surface area contributed by atoms with E-state index in [4.69, 9.17) is 14.2 Å². The maximum Gasteiger partial charge on any atom is 0.316 e. The Labute approximate surface area is 214 Å². The van der Waals surface area contributed by atoms with Gasteiger partial charge in [0.25, 0.3) is 0 Å². The Morgan fingerprint density at radius 1 is 0.972 bits per heavy atom. The number of ether oxygens (including phenoxy) is 3. The number of nitriles is 1. The molecule has 0 spiro atoms. The number of fused-ring (bicyclic) bond motifs is 1. The number of thiazole rings is 1. The summed E-state index contributed by atoms with van der Waals surface area (Å²) in [5.41, 5.74) is 3.53. The summed E-state index contributed by atoms with van der Waals surface area (Å²) in [4.78, 5) is 19.7. The lowest BCUT2D eigenvalue weighted by Gasteiger charge is -2.21. The minimum Gasteiger partial charge on any atom is -0.459 e. The largest absolute Gasteiger partial charge is 0.459 e. The zero-order chi connectivity index (χ0) is 25.2. The molecule has 10 heteroatoms. The standard InChI is InChI=1S/C26H28N6O3S/c1-33-13-11-32(12-14-34-2)17-19-3-5-20(6-4-19)18-35-26-29-10-7-22(31-26)21(15-27)25-30-23-16-28-9-8-24(23)36-25/h3-10,16,21H,11-14,17-18H2,1-2H3. The van der Waals surface area contributed by atoms with E-state index in [1.54, 1.807) is 38.9 Å². The Morgan fingerprint density at radius 2 is 1.72 bits per heavy atom. The van der Waals surface area contributed by atoms with E-state index in [9.17, 15) is 5.26 Å². The minimum absolute atomic E-state index is 0.227. The van der Waals surface area contributed by atoms with Crippen LogP contribution in [0.4, 0.5) is 0 Å². The van der Waals surface area contributed by atoms with Crippen molar-refractivity contribution in [1.29, 1.82) is 5.26 Å². The molecule has 0 aliphatic rings. The van der Waals surface area contributed by atoms with E-state index in [-0.39, 0.29) is 6.01 Å². The number of hydrogen-bond donors (Lipinski definition) is 0. The topological polar surface area (TPSA) is 106 Å². The average Bonchev–Trinajstić information content (AvgIpc) is 3.34. The van der Waals surface area contributed by atoms with Crippen molar-refractivity contribution < 1.29 is 14.2 Å². The normalized spacial score (nSPS) is 12.1. The molecule has 0 amide bonds. The lowest BCUT2D eigenvalue weighted by atomic mass is 10.1. The van der Waals surface area contributed by atoms with Gasteiger partial charge in [0, 0.05) is 46.2 Å². The van der Waals surface area contributed by atoms with Crippen LogP contribution in [0.15, 0.2) is 55.0 Å². The van der Waals surface area contributed by atoms with Gasteiger partial charge in [0.1, 0.15) is 17.5 Å². The van der Waals surface area contributed by atoms with Crippen molar-refractivity contribution >= 4 is 21.6 Å². The van der Waals surface area contributed by atoms with Gasteiger partial charge >= 0.3 is 6.01 Å². The van der Waals surface area contributed by atoms with Crippen LogP contribution in [-0.4, -0.2) is 65.4 Å². The third-order valence-electron chi connectivity index (χ3n) is 5.55. The molecule has 0 fully saturated rings. The Morgan fingerprint density at radius 3 is 2.42 bits per heavy atom. The van der Waals surface area contributed by atoms with Gasteiger partial charge < -0.3 is 14.2 Å². The summed E-state index contributed by atoms with van der Waals surface area (Å²) in [6.07, 6.45) is 5.02. The van der Waals surface area contributed by atoms with Crippen molar-refractivity contribution in [3.05, 3.63) is 76.8 Å². The van der Waals surface area contributed by atoms with E-state index in [1.165, 1.54) is 16.9 Å². The predicted octanol–water partition coefficient (Wildman–Crippen LogP) is 3.81. The van der Waals surface area contributed by atoms with Gasteiger partial charge in [-0.15, -0.1) is 11.3 Å². The number of pyridine rings is 1. The average molecular weight is 505 g/mol. The Hall–Kier alpha value is -3.49.